The van der Waals surface area contributed by atoms with Gasteiger partial charge in [0.25, 0.3) is 5.69 Å². The molecule has 10 heteroatoms. The lowest BCUT2D eigenvalue weighted by Crippen LogP contribution is -2.61. The highest BCUT2D eigenvalue weighted by Gasteiger charge is 2.57. The number of rotatable bonds is 9. The fraction of sp³-hybridized carbons (Fsp3) is 0.296. The van der Waals surface area contributed by atoms with Gasteiger partial charge in [0.1, 0.15) is 12.3 Å². The summed E-state index contributed by atoms with van der Waals surface area (Å²) in [5.74, 6) is -1.58. The van der Waals surface area contributed by atoms with Crippen molar-refractivity contribution < 1.29 is 24.4 Å². The third-order valence-corrected chi connectivity index (χ3v) is 6.86. The van der Waals surface area contributed by atoms with Gasteiger partial charge in [0.2, 0.25) is 5.91 Å². The van der Waals surface area contributed by atoms with Gasteiger partial charge in [0.05, 0.1) is 28.7 Å². The molecule has 3 aromatic rings. The van der Waals surface area contributed by atoms with E-state index in [0.717, 1.165) is 6.42 Å². The summed E-state index contributed by atoms with van der Waals surface area (Å²) < 4.78 is 7.32. The van der Waals surface area contributed by atoms with Crippen molar-refractivity contribution in [3.8, 4) is 0 Å². The molecule has 190 valence electrons. The van der Waals surface area contributed by atoms with Crippen molar-refractivity contribution in [3.63, 3.8) is 0 Å². The highest BCUT2D eigenvalue weighted by Crippen LogP contribution is 2.47. The van der Waals surface area contributed by atoms with Gasteiger partial charge in [-0.2, -0.15) is 5.10 Å². The Labute approximate surface area is 212 Å². The summed E-state index contributed by atoms with van der Waals surface area (Å²) in [4.78, 5) is 37.9. The van der Waals surface area contributed by atoms with Crippen molar-refractivity contribution in [1.29, 1.82) is 0 Å². The Morgan fingerprint density at radius 2 is 1.89 bits per heavy atom. The molecule has 2 aromatic carbocycles. The number of benzene rings is 2. The van der Waals surface area contributed by atoms with Crippen molar-refractivity contribution >= 4 is 23.1 Å². The lowest BCUT2D eigenvalue weighted by Gasteiger charge is -2.44. The van der Waals surface area contributed by atoms with Crippen molar-refractivity contribution in [1.82, 2.24) is 14.7 Å². The van der Waals surface area contributed by atoms with Gasteiger partial charge in [0.15, 0.2) is 0 Å². The summed E-state index contributed by atoms with van der Waals surface area (Å²) >= 11 is 0. The van der Waals surface area contributed by atoms with Crippen LogP contribution in [0.3, 0.4) is 0 Å². The zero-order chi connectivity index (χ0) is 26.1. The number of fused-ring (bicyclic) bond motifs is 1. The highest BCUT2D eigenvalue weighted by molar-refractivity contribution is 6.06. The second-order valence-corrected chi connectivity index (χ2v) is 9.27. The van der Waals surface area contributed by atoms with E-state index in [1.54, 1.807) is 11.6 Å². The number of β-lactam (4-membered cyclic amide) rings is 1. The van der Waals surface area contributed by atoms with Crippen molar-refractivity contribution in [2.24, 2.45) is 5.92 Å². The molecule has 37 heavy (non-hydrogen) atoms. The Bertz CT molecular complexity index is 1360. The summed E-state index contributed by atoms with van der Waals surface area (Å²) in [7, 11) is 0. The molecule has 3 heterocycles. The van der Waals surface area contributed by atoms with E-state index in [2.05, 4.69) is 17.2 Å². The number of aryl methyl sites for hydroxylation is 2. The minimum absolute atomic E-state index is 0.0584. The number of carbonyl (C=O) groups is 2. The van der Waals surface area contributed by atoms with E-state index in [4.69, 9.17) is 4.74 Å². The normalized spacial score (nSPS) is 19.4. The number of hydrogen-bond donors (Lipinski definition) is 1. The predicted octanol–water partition coefficient (Wildman–Crippen LogP) is 3.10. The minimum Gasteiger partial charge on any atom is -0.456 e. The fourth-order valence-corrected chi connectivity index (χ4v) is 4.95. The number of ether oxygens (including phenoxy) is 1. The quantitative estimate of drug-likeness (QED) is 0.206. The lowest BCUT2D eigenvalue weighted by molar-refractivity contribution is -0.384. The third-order valence-electron chi connectivity index (χ3n) is 6.86. The fourth-order valence-electron chi connectivity index (χ4n) is 4.95. The first-order valence-electron chi connectivity index (χ1n) is 12.1. The molecular formula is C27H26N4O6. The number of nitrogens with zero attached hydrogens (tertiary/aromatic N) is 4. The molecule has 2 aliphatic heterocycles. The number of aliphatic hydroxyl groups excluding tert-OH is 1. The Balaban J connectivity index is 1.36. The van der Waals surface area contributed by atoms with Crippen LogP contribution in [0.25, 0.3) is 5.57 Å². The number of nitro benzene ring substituents is 1. The number of hydrogen-bond acceptors (Lipinski definition) is 7. The van der Waals surface area contributed by atoms with Gasteiger partial charge in [-0.25, -0.2) is 4.79 Å². The van der Waals surface area contributed by atoms with Crippen LogP contribution in [0.15, 0.2) is 72.6 Å². The molecule has 1 amide bonds. The van der Waals surface area contributed by atoms with E-state index in [9.17, 15) is 24.8 Å². The van der Waals surface area contributed by atoms with E-state index < -0.39 is 22.9 Å². The van der Waals surface area contributed by atoms with Crippen LogP contribution in [0.5, 0.6) is 0 Å². The van der Waals surface area contributed by atoms with Gasteiger partial charge in [-0.05, 0) is 49.1 Å². The number of amides is 1. The first-order valence-corrected chi connectivity index (χ1v) is 12.1. The van der Waals surface area contributed by atoms with Gasteiger partial charge in [0, 0.05) is 30.4 Å². The van der Waals surface area contributed by atoms with Gasteiger partial charge >= 0.3 is 5.97 Å². The van der Waals surface area contributed by atoms with E-state index in [1.165, 1.54) is 34.7 Å². The Kier molecular flexibility index (Phi) is 6.58. The molecule has 0 bridgehead atoms. The first kappa shape index (κ1) is 24.4. The number of nitro groups is 1. The van der Waals surface area contributed by atoms with Crippen LogP contribution in [-0.2, 0) is 33.9 Å². The van der Waals surface area contributed by atoms with Gasteiger partial charge in [-0.1, -0.05) is 30.3 Å². The number of carbonyl (C=O) groups excluding carboxylic acids is 2. The average molecular weight is 503 g/mol. The van der Waals surface area contributed by atoms with Crippen molar-refractivity contribution in [2.75, 3.05) is 0 Å². The molecule has 0 spiro atoms. The van der Waals surface area contributed by atoms with Crippen LogP contribution in [0, 0.1) is 16.0 Å². The van der Waals surface area contributed by atoms with E-state index >= 15 is 0 Å². The van der Waals surface area contributed by atoms with Crippen LogP contribution in [-0.4, -0.2) is 48.7 Å². The van der Waals surface area contributed by atoms with E-state index in [1.807, 2.05) is 30.5 Å². The molecule has 0 saturated carbocycles. The molecule has 3 atom stereocenters. The summed E-state index contributed by atoms with van der Waals surface area (Å²) in [6.45, 7) is 2.12. The minimum atomic E-state index is -0.839. The highest BCUT2D eigenvalue weighted by atomic mass is 16.6. The van der Waals surface area contributed by atoms with Gasteiger partial charge in [-0.15, -0.1) is 0 Å². The standard InChI is InChI=1S/C27H26N4O6/c1-17(32)24-23-15-21(22-12-14-29(28-22)13-11-18-5-3-2-4-6-18)25(30(23)26(24)33)27(34)37-16-19-7-9-20(10-8-19)31(35)36/h2-10,12,14,17,23-24,32H,11,13,15-16H2,1H3/t17-,23-,24-/m1/s1. The summed E-state index contributed by atoms with van der Waals surface area (Å²) in [5.41, 5.74) is 3.04. The summed E-state index contributed by atoms with van der Waals surface area (Å²) in [6.07, 6.45) is 2.18. The van der Waals surface area contributed by atoms with Crippen LogP contribution in [0.1, 0.15) is 30.2 Å². The molecule has 0 radical (unpaired) electrons. The lowest BCUT2D eigenvalue weighted by atomic mass is 9.83. The third kappa shape index (κ3) is 4.75. The Morgan fingerprint density at radius 3 is 2.57 bits per heavy atom. The number of non-ortho nitro benzene ring substituents is 1. The number of aromatic nitrogens is 2. The average Bonchev–Trinajstić information content (AvgIpc) is 3.49. The summed E-state index contributed by atoms with van der Waals surface area (Å²) in [6, 6.07) is 17.2. The largest absolute Gasteiger partial charge is 0.456 e. The van der Waals surface area contributed by atoms with E-state index in [-0.39, 0.29) is 29.9 Å². The molecule has 0 unspecified atom stereocenters. The SMILES string of the molecule is C[C@@H](O)[C@H]1C(=O)N2C(C(=O)OCc3ccc([N+](=O)[O-])cc3)=C(c3ccn(CCc4ccccc4)n3)C[C@H]12. The second-order valence-electron chi connectivity index (χ2n) is 9.27. The Morgan fingerprint density at radius 1 is 1.16 bits per heavy atom. The molecule has 1 saturated heterocycles. The van der Waals surface area contributed by atoms with Gasteiger partial charge < -0.3 is 14.7 Å². The first-order chi connectivity index (χ1) is 17.8. The maximum atomic E-state index is 13.2. The van der Waals surface area contributed by atoms with E-state index in [0.29, 0.717) is 29.8 Å². The zero-order valence-corrected chi connectivity index (χ0v) is 20.2. The molecule has 0 aliphatic carbocycles. The second kappa shape index (κ2) is 9.98. The molecular weight excluding hydrogens is 476 g/mol. The van der Waals surface area contributed by atoms with Crippen molar-refractivity contribution in [2.45, 2.75) is 45.1 Å². The number of aliphatic hydroxyl groups is 1. The molecule has 1 aromatic heterocycles. The monoisotopic (exact) mass is 502 g/mol. The zero-order valence-electron chi connectivity index (χ0n) is 20.2. The van der Waals surface area contributed by atoms with Gasteiger partial charge in [-0.3, -0.25) is 19.6 Å². The molecule has 5 rings (SSSR count). The van der Waals surface area contributed by atoms with Crippen LogP contribution in [0.2, 0.25) is 0 Å². The Hall–Kier alpha value is -4.31. The number of esters is 1. The predicted molar refractivity (Wildman–Crippen MR) is 133 cm³/mol. The van der Waals surface area contributed by atoms with Crippen molar-refractivity contribution in [3.05, 3.63) is 99.5 Å². The topological polar surface area (TPSA) is 128 Å². The van der Waals surface area contributed by atoms with Crippen LogP contribution in [0.4, 0.5) is 5.69 Å². The maximum Gasteiger partial charge on any atom is 0.355 e. The van der Waals surface area contributed by atoms with Crippen LogP contribution < -0.4 is 0 Å². The molecule has 1 fully saturated rings. The van der Waals surface area contributed by atoms with Crippen LogP contribution >= 0.6 is 0 Å². The molecule has 10 nitrogen and oxygen atoms in total. The molecule has 1 N–H and O–H groups in total. The molecule has 2 aliphatic rings. The summed E-state index contributed by atoms with van der Waals surface area (Å²) in [5, 5.41) is 25.6. The smallest absolute Gasteiger partial charge is 0.355 e. The maximum absolute atomic E-state index is 13.2.